The molecule has 0 aromatic heterocycles. The lowest BCUT2D eigenvalue weighted by atomic mass is 10.1. The molecular weight excluding hydrogens is 453 g/mol. The van der Waals surface area contributed by atoms with Gasteiger partial charge in [-0.25, -0.2) is 4.57 Å². The Bertz CT molecular complexity index is 1060. The molecule has 0 aliphatic carbocycles. The van der Waals surface area contributed by atoms with Crippen molar-refractivity contribution in [3.05, 3.63) is 83.9 Å². The van der Waals surface area contributed by atoms with E-state index in [-0.39, 0.29) is 19.8 Å². The fourth-order valence-corrected chi connectivity index (χ4v) is 4.04. The number of ether oxygens (including phenoxy) is 2. The van der Waals surface area contributed by atoms with E-state index < -0.39 is 13.9 Å². The first-order chi connectivity index (χ1) is 16.2. The minimum absolute atomic E-state index is 0.114. The van der Waals surface area contributed by atoms with Gasteiger partial charge in [-0.1, -0.05) is 72.8 Å². The van der Waals surface area contributed by atoms with Crippen LogP contribution in [-0.4, -0.2) is 63.0 Å². The summed E-state index contributed by atoms with van der Waals surface area (Å²) >= 11 is 0. The van der Waals surface area contributed by atoms with Crippen molar-refractivity contribution in [2.75, 3.05) is 47.5 Å². The standard InChI is InChI=1S/C26H34NO6P/c1-27(2,3)16-17-32-34(28,29)33-21-25(20-30-18-22-10-5-4-6-11-22)31-19-24-14-9-13-23-12-7-8-15-26(23)24/h4-15,25H,16-21H2,1-3H3/p+1. The summed E-state index contributed by atoms with van der Waals surface area (Å²) in [5.74, 6) is 0. The number of likely N-dealkylation sites (N-methyl/N-ethyl adjacent to an activating group) is 1. The van der Waals surface area contributed by atoms with Crippen LogP contribution in [0.1, 0.15) is 11.1 Å². The quantitative estimate of drug-likeness (QED) is 0.260. The molecule has 184 valence electrons. The van der Waals surface area contributed by atoms with E-state index in [9.17, 15) is 9.46 Å². The highest BCUT2D eigenvalue weighted by molar-refractivity contribution is 7.47. The molecule has 0 saturated carbocycles. The number of hydrogen-bond donors (Lipinski definition) is 1. The van der Waals surface area contributed by atoms with Crippen LogP contribution >= 0.6 is 7.82 Å². The number of fused-ring (bicyclic) bond motifs is 1. The SMILES string of the molecule is C[N+](C)(C)CCOP(=O)(O)OCC(COCc1ccccc1)OCc1cccc2ccccc12. The predicted molar refractivity (Wildman–Crippen MR) is 133 cm³/mol. The molecule has 0 bridgehead atoms. The summed E-state index contributed by atoms with van der Waals surface area (Å²) in [6.07, 6.45) is -0.551. The second kappa shape index (κ2) is 12.6. The summed E-state index contributed by atoms with van der Waals surface area (Å²) < 4.78 is 35.3. The number of quaternary nitrogens is 1. The van der Waals surface area contributed by atoms with Gasteiger partial charge >= 0.3 is 7.82 Å². The van der Waals surface area contributed by atoms with Gasteiger partial charge in [0.25, 0.3) is 0 Å². The summed E-state index contributed by atoms with van der Waals surface area (Å²) in [7, 11) is 1.74. The highest BCUT2D eigenvalue weighted by Gasteiger charge is 2.25. The van der Waals surface area contributed by atoms with Gasteiger partial charge in [0, 0.05) is 0 Å². The van der Waals surface area contributed by atoms with Crippen molar-refractivity contribution in [1.29, 1.82) is 0 Å². The molecule has 0 spiro atoms. The van der Waals surface area contributed by atoms with E-state index in [0.717, 1.165) is 21.9 Å². The third-order valence-corrected chi connectivity index (χ3v) is 6.19. The topological polar surface area (TPSA) is 74.2 Å². The average Bonchev–Trinajstić information content (AvgIpc) is 2.80. The van der Waals surface area contributed by atoms with Crippen LogP contribution in [0, 0.1) is 0 Å². The smallest absolute Gasteiger partial charge is 0.374 e. The predicted octanol–water partition coefficient (Wildman–Crippen LogP) is 4.78. The Morgan fingerprint density at radius 3 is 2.32 bits per heavy atom. The maximum atomic E-state index is 12.4. The summed E-state index contributed by atoms with van der Waals surface area (Å²) in [5, 5.41) is 2.23. The van der Waals surface area contributed by atoms with Gasteiger partial charge in [0.2, 0.25) is 0 Å². The van der Waals surface area contributed by atoms with Gasteiger partial charge in [-0.05, 0) is 21.9 Å². The lowest BCUT2D eigenvalue weighted by Crippen LogP contribution is -2.37. The number of hydrogen-bond acceptors (Lipinski definition) is 5. The molecule has 3 aromatic rings. The molecule has 0 aliphatic rings. The molecule has 0 amide bonds. The first-order valence-corrected chi connectivity index (χ1v) is 12.8. The summed E-state index contributed by atoms with van der Waals surface area (Å²) in [6.45, 7) is 1.50. The number of phosphoric ester groups is 1. The van der Waals surface area contributed by atoms with Crippen LogP contribution in [0.3, 0.4) is 0 Å². The second-order valence-electron chi connectivity index (χ2n) is 9.18. The largest absolute Gasteiger partial charge is 0.472 e. The number of rotatable bonds is 14. The summed E-state index contributed by atoms with van der Waals surface area (Å²) in [4.78, 5) is 10.1. The molecule has 0 saturated heterocycles. The minimum atomic E-state index is -4.20. The Balaban J connectivity index is 1.59. The van der Waals surface area contributed by atoms with Gasteiger partial charge < -0.3 is 18.9 Å². The Morgan fingerprint density at radius 1 is 0.853 bits per heavy atom. The summed E-state index contributed by atoms with van der Waals surface area (Å²) in [6, 6.07) is 24.0. The lowest BCUT2D eigenvalue weighted by Gasteiger charge is -2.24. The van der Waals surface area contributed by atoms with Crippen molar-refractivity contribution < 1.29 is 32.5 Å². The molecule has 3 aromatic carbocycles. The molecule has 8 heteroatoms. The Hall–Kier alpha value is -2.09. The number of nitrogens with zero attached hydrogens (tertiary/aromatic N) is 1. The van der Waals surface area contributed by atoms with Gasteiger partial charge in [0.15, 0.2) is 0 Å². The minimum Gasteiger partial charge on any atom is -0.374 e. The van der Waals surface area contributed by atoms with Gasteiger partial charge in [-0.3, -0.25) is 9.05 Å². The van der Waals surface area contributed by atoms with Crippen molar-refractivity contribution >= 4 is 18.6 Å². The van der Waals surface area contributed by atoms with Crippen LogP contribution in [0.15, 0.2) is 72.8 Å². The fraction of sp³-hybridized carbons (Fsp3) is 0.385. The molecule has 0 radical (unpaired) electrons. The first-order valence-electron chi connectivity index (χ1n) is 11.3. The van der Waals surface area contributed by atoms with Crippen LogP contribution in [0.5, 0.6) is 0 Å². The van der Waals surface area contributed by atoms with Crippen molar-refractivity contribution in [2.45, 2.75) is 19.3 Å². The van der Waals surface area contributed by atoms with Gasteiger partial charge in [-0.15, -0.1) is 0 Å². The molecule has 3 rings (SSSR count). The van der Waals surface area contributed by atoms with Crippen LogP contribution in [0.4, 0.5) is 0 Å². The van der Waals surface area contributed by atoms with Crippen LogP contribution < -0.4 is 0 Å². The Kier molecular flexibility index (Phi) is 9.80. The van der Waals surface area contributed by atoms with E-state index >= 15 is 0 Å². The zero-order valence-electron chi connectivity index (χ0n) is 20.1. The maximum absolute atomic E-state index is 12.4. The van der Waals surface area contributed by atoms with Crippen molar-refractivity contribution in [3.63, 3.8) is 0 Å². The van der Waals surface area contributed by atoms with Crippen LogP contribution in [-0.2, 0) is 36.3 Å². The molecular formula is C26H35NO6P+. The lowest BCUT2D eigenvalue weighted by molar-refractivity contribution is -0.870. The van der Waals surface area contributed by atoms with E-state index in [4.69, 9.17) is 18.5 Å². The van der Waals surface area contributed by atoms with Crippen molar-refractivity contribution in [1.82, 2.24) is 0 Å². The molecule has 1 N–H and O–H groups in total. The van der Waals surface area contributed by atoms with E-state index in [1.165, 1.54) is 0 Å². The monoisotopic (exact) mass is 488 g/mol. The van der Waals surface area contributed by atoms with Crippen LogP contribution in [0.25, 0.3) is 10.8 Å². The zero-order chi connectivity index (χ0) is 24.4. The molecule has 7 nitrogen and oxygen atoms in total. The van der Waals surface area contributed by atoms with Crippen molar-refractivity contribution in [3.8, 4) is 0 Å². The molecule has 2 atom stereocenters. The first kappa shape index (κ1) is 26.5. The summed E-state index contributed by atoms with van der Waals surface area (Å²) in [5.41, 5.74) is 2.06. The molecule has 0 fully saturated rings. The van der Waals surface area contributed by atoms with Gasteiger partial charge in [-0.2, -0.15) is 0 Å². The molecule has 0 heterocycles. The Labute approximate surface area is 202 Å². The number of benzene rings is 3. The van der Waals surface area contributed by atoms with Gasteiger partial charge in [0.05, 0.1) is 47.6 Å². The maximum Gasteiger partial charge on any atom is 0.472 e. The third kappa shape index (κ3) is 9.28. The highest BCUT2D eigenvalue weighted by Crippen LogP contribution is 2.43. The molecule has 0 aliphatic heterocycles. The molecule has 2 unspecified atom stereocenters. The second-order valence-corrected chi connectivity index (χ2v) is 10.6. The van der Waals surface area contributed by atoms with E-state index in [1.54, 1.807) is 0 Å². The normalized spacial score (nSPS) is 14.7. The van der Waals surface area contributed by atoms with E-state index in [0.29, 0.717) is 24.2 Å². The average molecular weight is 489 g/mol. The fourth-order valence-electron chi connectivity index (χ4n) is 3.30. The van der Waals surface area contributed by atoms with E-state index in [2.05, 4.69) is 18.2 Å². The third-order valence-electron chi connectivity index (χ3n) is 5.21. The molecule has 34 heavy (non-hydrogen) atoms. The van der Waals surface area contributed by atoms with Gasteiger partial charge in [0.1, 0.15) is 19.3 Å². The van der Waals surface area contributed by atoms with Crippen LogP contribution in [0.2, 0.25) is 0 Å². The highest BCUT2D eigenvalue weighted by atomic mass is 31.2. The zero-order valence-corrected chi connectivity index (χ0v) is 21.0. The van der Waals surface area contributed by atoms with Crippen molar-refractivity contribution in [2.24, 2.45) is 0 Å². The van der Waals surface area contributed by atoms with E-state index in [1.807, 2.05) is 75.7 Å². The number of phosphoric acid groups is 1. The Morgan fingerprint density at radius 2 is 1.56 bits per heavy atom.